The van der Waals surface area contributed by atoms with Crippen LogP contribution >= 0.6 is 0 Å². The number of rotatable bonds is 4. The largest absolute Gasteiger partial charge is 0.381 e. The van der Waals surface area contributed by atoms with Crippen LogP contribution in [0.4, 0.5) is 0 Å². The molecule has 0 spiro atoms. The zero-order chi connectivity index (χ0) is 13.0. The monoisotopic (exact) mass is 276 g/mol. The lowest BCUT2D eigenvalue weighted by atomic mass is 9.92. The molecule has 0 aromatic carbocycles. The molecular weight excluding hydrogens is 252 g/mol. The molecule has 0 aromatic heterocycles. The average molecular weight is 276 g/mol. The smallest absolute Gasteiger partial charge is 0.214 e. The molecule has 1 aliphatic carbocycles. The maximum atomic E-state index is 12.2. The van der Waals surface area contributed by atoms with Gasteiger partial charge in [-0.05, 0) is 45.6 Å². The molecule has 2 aliphatic rings. The minimum Gasteiger partial charge on any atom is -0.381 e. The molecular formula is C12H24N2O3S. The van der Waals surface area contributed by atoms with E-state index in [1.54, 1.807) is 0 Å². The maximum absolute atomic E-state index is 12.2. The Morgan fingerprint density at radius 2 is 1.50 bits per heavy atom. The van der Waals surface area contributed by atoms with E-state index in [0.29, 0.717) is 32.1 Å². The molecule has 1 saturated carbocycles. The predicted octanol–water partition coefficient (Wildman–Crippen LogP) is 0.615. The van der Waals surface area contributed by atoms with Crippen molar-refractivity contribution >= 4 is 10.0 Å². The summed E-state index contributed by atoms with van der Waals surface area (Å²) >= 11 is 0. The van der Waals surface area contributed by atoms with E-state index < -0.39 is 10.0 Å². The van der Waals surface area contributed by atoms with Gasteiger partial charge in [0, 0.05) is 25.3 Å². The molecule has 0 aromatic rings. The molecule has 0 bridgehead atoms. The summed E-state index contributed by atoms with van der Waals surface area (Å²) in [6, 6.07) is 0.677. The molecule has 18 heavy (non-hydrogen) atoms. The lowest BCUT2D eigenvalue weighted by molar-refractivity contribution is 0.0980. The van der Waals surface area contributed by atoms with Crippen LogP contribution in [0.15, 0.2) is 0 Å². The first-order valence-corrected chi connectivity index (χ1v) is 8.42. The third-order valence-corrected chi connectivity index (χ3v) is 6.08. The number of sulfonamides is 1. The fourth-order valence-electron chi connectivity index (χ4n) is 2.81. The molecule has 1 aliphatic heterocycles. The Kier molecular flexibility index (Phi) is 5.00. The van der Waals surface area contributed by atoms with Crippen molar-refractivity contribution in [2.45, 2.75) is 55.9 Å². The molecule has 2 rings (SSSR count). The summed E-state index contributed by atoms with van der Waals surface area (Å²) in [5.41, 5.74) is 0. The fourth-order valence-corrected chi connectivity index (χ4v) is 4.52. The van der Waals surface area contributed by atoms with Gasteiger partial charge in [0.05, 0.1) is 5.25 Å². The average Bonchev–Trinajstić information content (AvgIpc) is 2.40. The highest BCUT2D eigenvalue weighted by atomic mass is 32.2. The first-order chi connectivity index (χ1) is 8.62. The van der Waals surface area contributed by atoms with Gasteiger partial charge < -0.3 is 10.1 Å². The first kappa shape index (κ1) is 14.2. The topological polar surface area (TPSA) is 67.4 Å². The minimum atomic E-state index is -3.16. The van der Waals surface area contributed by atoms with Crippen molar-refractivity contribution in [2.24, 2.45) is 0 Å². The molecule has 6 heteroatoms. The van der Waals surface area contributed by atoms with Gasteiger partial charge >= 0.3 is 0 Å². The fraction of sp³-hybridized carbons (Fsp3) is 1.00. The standard InChI is InChI=1S/C12H24N2O3S/c1-13-10-2-4-11(5-3-10)14-18(15,16)12-6-8-17-9-7-12/h10-14H,2-9H2,1H3. The molecule has 2 N–H and O–H groups in total. The first-order valence-electron chi connectivity index (χ1n) is 6.88. The van der Waals surface area contributed by atoms with Gasteiger partial charge in [0.25, 0.3) is 0 Å². The minimum absolute atomic E-state index is 0.127. The Balaban J connectivity index is 1.84. The Morgan fingerprint density at radius 3 is 2.06 bits per heavy atom. The summed E-state index contributed by atoms with van der Waals surface area (Å²) in [5.74, 6) is 0. The summed E-state index contributed by atoms with van der Waals surface area (Å²) in [4.78, 5) is 0. The van der Waals surface area contributed by atoms with Crippen molar-refractivity contribution in [3.8, 4) is 0 Å². The summed E-state index contributed by atoms with van der Waals surface area (Å²) in [7, 11) is -1.19. The van der Waals surface area contributed by atoms with Gasteiger partial charge in [0.2, 0.25) is 10.0 Å². The molecule has 0 amide bonds. The van der Waals surface area contributed by atoms with E-state index in [2.05, 4.69) is 10.0 Å². The molecule has 5 nitrogen and oxygen atoms in total. The van der Waals surface area contributed by atoms with E-state index in [1.807, 2.05) is 7.05 Å². The van der Waals surface area contributed by atoms with Crippen molar-refractivity contribution in [1.82, 2.24) is 10.0 Å². The highest BCUT2D eigenvalue weighted by molar-refractivity contribution is 7.90. The van der Waals surface area contributed by atoms with Gasteiger partial charge in [-0.15, -0.1) is 0 Å². The molecule has 0 unspecified atom stereocenters. The number of hydrogen-bond acceptors (Lipinski definition) is 4. The van der Waals surface area contributed by atoms with Crippen LogP contribution in [0.2, 0.25) is 0 Å². The third-order valence-electron chi connectivity index (χ3n) is 4.07. The van der Waals surface area contributed by atoms with Gasteiger partial charge in [-0.25, -0.2) is 13.1 Å². The second-order valence-corrected chi connectivity index (χ2v) is 7.30. The van der Waals surface area contributed by atoms with Gasteiger partial charge in [-0.2, -0.15) is 0 Å². The van der Waals surface area contributed by atoms with Crippen molar-refractivity contribution in [3.05, 3.63) is 0 Å². The van der Waals surface area contributed by atoms with Crippen LogP contribution in [0.25, 0.3) is 0 Å². The van der Waals surface area contributed by atoms with Gasteiger partial charge in [-0.1, -0.05) is 0 Å². The second kappa shape index (κ2) is 6.32. The Bertz CT molecular complexity index is 344. The van der Waals surface area contributed by atoms with E-state index in [0.717, 1.165) is 25.7 Å². The molecule has 0 radical (unpaired) electrons. The third kappa shape index (κ3) is 3.66. The maximum Gasteiger partial charge on any atom is 0.214 e. The molecule has 0 atom stereocenters. The summed E-state index contributed by atoms with van der Waals surface area (Å²) in [5, 5.41) is 3.00. The van der Waals surface area contributed by atoms with Crippen molar-refractivity contribution in [3.63, 3.8) is 0 Å². The van der Waals surface area contributed by atoms with Gasteiger partial charge in [0.1, 0.15) is 0 Å². The van der Waals surface area contributed by atoms with Crippen molar-refractivity contribution in [1.29, 1.82) is 0 Å². The summed E-state index contributed by atoms with van der Waals surface area (Å²) in [6.45, 7) is 1.14. The van der Waals surface area contributed by atoms with E-state index in [9.17, 15) is 8.42 Å². The zero-order valence-corrected chi connectivity index (χ0v) is 11.8. The van der Waals surface area contributed by atoms with Gasteiger partial charge in [0.15, 0.2) is 0 Å². The van der Waals surface area contributed by atoms with E-state index in [1.165, 1.54) is 0 Å². The van der Waals surface area contributed by atoms with E-state index in [4.69, 9.17) is 4.74 Å². The van der Waals surface area contributed by atoms with Crippen LogP contribution in [0, 0.1) is 0 Å². The van der Waals surface area contributed by atoms with Crippen LogP contribution in [-0.2, 0) is 14.8 Å². The highest BCUT2D eigenvalue weighted by Crippen LogP contribution is 2.21. The Morgan fingerprint density at radius 1 is 0.944 bits per heavy atom. The van der Waals surface area contributed by atoms with Crippen LogP contribution in [-0.4, -0.2) is 46.0 Å². The molecule has 1 heterocycles. The van der Waals surface area contributed by atoms with Crippen LogP contribution in [0.1, 0.15) is 38.5 Å². The normalized spacial score (nSPS) is 31.4. The highest BCUT2D eigenvalue weighted by Gasteiger charge is 2.31. The van der Waals surface area contributed by atoms with E-state index in [-0.39, 0.29) is 11.3 Å². The second-order valence-electron chi connectivity index (χ2n) is 5.31. The van der Waals surface area contributed by atoms with Crippen molar-refractivity contribution < 1.29 is 13.2 Å². The lowest BCUT2D eigenvalue weighted by Crippen LogP contribution is -2.46. The molecule has 1 saturated heterocycles. The van der Waals surface area contributed by atoms with E-state index >= 15 is 0 Å². The van der Waals surface area contributed by atoms with Crippen molar-refractivity contribution in [2.75, 3.05) is 20.3 Å². The van der Waals surface area contributed by atoms with Crippen LogP contribution in [0.3, 0.4) is 0 Å². The van der Waals surface area contributed by atoms with Gasteiger partial charge in [-0.3, -0.25) is 0 Å². The van der Waals surface area contributed by atoms with Crippen LogP contribution < -0.4 is 10.0 Å². The Hall–Kier alpha value is -0.170. The molecule has 106 valence electrons. The number of nitrogens with one attached hydrogen (secondary N) is 2. The number of hydrogen-bond donors (Lipinski definition) is 2. The zero-order valence-electron chi connectivity index (χ0n) is 11.0. The number of ether oxygens (including phenoxy) is 1. The van der Waals surface area contributed by atoms with Crippen LogP contribution in [0.5, 0.6) is 0 Å². The SMILES string of the molecule is CNC1CCC(NS(=O)(=O)C2CCOCC2)CC1. The summed E-state index contributed by atoms with van der Waals surface area (Å²) < 4.78 is 32.6. The lowest BCUT2D eigenvalue weighted by Gasteiger charge is -2.30. The summed E-state index contributed by atoms with van der Waals surface area (Å²) in [6.07, 6.45) is 5.24. The molecule has 2 fully saturated rings. The Labute approximate surface area is 110 Å². The predicted molar refractivity (Wildman–Crippen MR) is 71.0 cm³/mol. The quantitative estimate of drug-likeness (QED) is 0.790.